The second-order valence-electron chi connectivity index (χ2n) is 6.26. The summed E-state index contributed by atoms with van der Waals surface area (Å²) in [5.74, 6) is 0.952. The average Bonchev–Trinajstić information content (AvgIpc) is 2.82. The first-order valence-corrected chi connectivity index (χ1v) is 6.48. The highest BCUT2D eigenvalue weighted by molar-refractivity contribution is 5.47. The molecule has 2 heteroatoms. The maximum absolute atomic E-state index is 10.9. The molecule has 1 N–H and O–H groups in total. The molecule has 0 radical (unpaired) electrons. The maximum Gasteiger partial charge on any atom is 0.128 e. The van der Waals surface area contributed by atoms with E-state index in [1.807, 2.05) is 12.1 Å². The number of rotatable bonds is 1. The molecule has 17 heavy (non-hydrogen) atoms. The van der Waals surface area contributed by atoms with Crippen molar-refractivity contribution >= 4 is 0 Å². The number of para-hydroxylation sites is 1. The van der Waals surface area contributed by atoms with Crippen LogP contribution in [0.3, 0.4) is 0 Å². The molecule has 1 aliphatic carbocycles. The number of aliphatic hydroxyl groups is 1. The van der Waals surface area contributed by atoms with Crippen LogP contribution < -0.4 is 4.74 Å². The van der Waals surface area contributed by atoms with Gasteiger partial charge < -0.3 is 9.84 Å². The molecule has 1 atom stereocenters. The van der Waals surface area contributed by atoms with Crippen LogP contribution in [0.15, 0.2) is 18.2 Å². The predicted molar refractivity (Wildman–Crippen MR) is 67.2 cm³/mol. The largest absolute Gasteiger partial charge is 0.493 e. The molecule has 0 spiro atoms. The van der Waals surface area contributed by atoms with Crippen molar-refractivity contribution < 1.29 is 9.84 Å². The predicted octanol–water partition coefficient (Wildman–Crippen LogP) is 3.02. The lowest BCUT2D eigenvalue weighted by Gasteiger charge is -2.27. The minimum Gasteiger partial charge on any atom is -0.493 e. The molecule has 1 saturated carbocycles. The minimum atomic E-state index is -0.681. The van der Waals surface area contributed by atoms with Crippen molar-refractivity contribution in [1.82, 2.24) is 0 Å². The quantitative estimate of drug-likeness (QED) is 0.806. The molecule has 1 heterocycles. The summed E-state index contributed by atoms with van der Waals surface area (Å²) in [6, 6.07) is 6.19. The summed E-state index contributed by atoms with van der Waals surface area (Å²) in [6.07, 6.45) is 3.73. The smallest absolute Gasteiger partial charge is 0.128 e. The van der Waals surface area contributed by atoms with Gasteiger partial charge in [-0.3, -0.25) is 0 Å². The SMILES string of the molecule is CC1(C)CCC(O)(c2cccc3c2OCC3)C1. The summed E-state index contributed by atoms with van der Waals surface area (Å²) in [5, 5.41) is 10.9. The van der Waals surface area contributed by atoms with Crippen LogP contribution in [0.25, 0.3) is 0 Å². The first-order valence-electron chi connectivity index (χ1n) is 6.48. The molecule has 0 amide bonds. The first-order chi connectivity index (χ1) is 8.00. The molecule has 1 aromatic carbocycles. The molecule has 0 aromatic heterocycles. The molecule has 3 rings (SSSR count). The van der Waals surface area contributed by atoms with Gasteiger partial charge in [-0.2, -0.15) is 0 Å². The van der Waals surface area contributed by atoms with E-state index < -0.39 is 5.60 Å². The molecular weight excluding hydrogens is 212 g/mol. The summed E-state index contributed by atoms with van der Waals surface area (Å²) in [7, 11) is 0. The standard InChI is InChI=1S/C15H20O2/c1-14(2)7-8-15(16,10-14)12-5-3-4-11-6-9-17-13(11)12/h3-5,16H,6-10H2,1-2H3. The summed E-state index contributed by atoms with van der Waals surface area (Å²) >= 11 is 0. The van der Waals surface area contributed by atoms with E-state index >= 15 is 0 Å². The van der Waals surface area contributed by atoms with E-state index in [-0.39, 0.29) is 5.41 Å². The molecule has 0 saturated heterocycles. The number of fused-ring (bicyclic) bond motifs is 1. The Labute approximate surface area is 103 Å². The van der Waals surface area contributed by atoms with E-state index in [2.05, 4.69) is 19.9 Å². The molecular formula is C15H20O2. The summed E-state index contributed by atoms with van der Waals surface area (Å²) in [4.78, 5) is 0. The van der Waals surface area contributed by atoms with E-state index in [1.54, 1.807) is 0 Å². The van der Waals surface area contributed by atoms with Gasteiger partial charge in [-0.05, 0) is 30.2 Å². The summed E-state index contributed by atoms with van der Waals surface area (Å²) in [6.45, 7) is 5.22. The normalized spacial score (nSPS) is 30.1. The van der Waals surface area contributed by atoms with Crippen molar-refractivity contribution in [2.24, 2.45) is 5.41 Å². The van der Waals surface area contributed by atoms with E-state index in [0.29, 0.717) is 0 Å². The number of hydrogen-bond donors (Lipinski definition) is 1. The van der Waals surface area contributed by atoms with E-state index in [1.165, 1.54) is 5.56 Å². The second kappa shape index (κ2) is 3.49. The van der Waals surface area contributed by atoms with Crippen molar-refractivity contribution in [3.05, 3.63) is 29.3 Å². The molecule has 1 fully saturated rings. The van der Waals surface area contributed by atoms with Crippen molar-refractivity contribution in [2.75, 3.05) is 6.61 Å². The van der Waals surface area contributed by atoms with Gasteiger partial charge in [0.2, 0.25) is 0 Å². The monoisotopic (exact) mass is 232 g/mol. The molecule has 1 unspecified atom stereocenters. The Morgan fingerprint density at radius 1 is 1.24 bits per heavy atom. The Bertz CT molecular complexity index is 450. The van der Waals surface area contributed by atoms with Crippen molar-refractivity contribution in [3.8, 4) is 5.75 Å². The fraction of sp³-hybridized carbons (Fsp3) is 0.600. The Balaban J connectivity index is 2.03. The molecule has 92 valence electrons. The van der Waals surface area contributed by atoms with Gasteiger partial charge in [0.1, 0.15) is 5.75 Å². The van der Waals surface area contributed by atoms with E-state index in [4.69, 9.17) is 4.74 Å². The zero-order chi connectivity index (χ0) is 12.1. The van der Waals surface area contributed by atoms with Crippen LogP contribution in [0.1, 0.15) is 44.2 Å². The molecule has 2 aliphatic rings. The van der Waals surface area contributed by atoms with Crippen molar-refractivity contribution in [3.63, 3.8) is 0 Å². The third-order valence-electron chi connectivity index (χ3n) is 4.20. The van der Waals surface area contributed by atoms with Crippen molar-refractivity contribution in [1.29, 1.82) is 0 Å². The summed E-state index contributed by atoms with van der Waals surface area (Å²) < 4.78 is 5.72. The van der Waals surface area contributed by atoms with Gasteiger partial charge >= 0.3 is 0 Å². The van der Waals surface area contributed by atoms with Crippen molar-refractivity contribution in [2.45, 2.75) is 45.1 Å². The zero-order valence-corrected chi connectivity index (χ0v) is 10.6. The van der Waals surface area contributed by atoms with Gasteiger partial charge in [0.05, 0.1) is 12.2 Å². The fourth-order valence-corrected chi connectivity index (χ4v) is 3.33. The third-order valence-corrected chi connectivity index (χ3v) is 4.20. The van der Waals surface area contributed by atoms with Crippen LogP contribution in [0.5, 0.6) is 5.75 Å². The fourth-order valence-electron chi connectivity index (χ4n) is 3.33. The van der Waals surface area contributed by atoms with Gasteiger partial charge in [-0.25, -0.2) is 0 Å². The number of hydrogen-bond acceptors (Lipinski definition) is 2. The third kappa shape index (κ3) is 1.75. The van der Waals surface area contributed by atoms with Gasteiger partial charge in [0.15, 0.2) is 0 Å². The highest BCUT2D eigenvalue weighted by atomic mass is 16.5. The Kier molecular flexibility index (Phi) is 2.27. The Hall–Kier alpha value is -1.02. The highest BCUT2D eigenvalue weighted by Crippen LogP contribution is 2.51. The van der Waals surface area contributed by atoms with Crippen LogP contribution in [0, 0.1) is 5.41 Å². The van der Waals surface area contributed by atoms with Gasteiger partial charge in [0, 0.05) is 12.0 Å². The van der Waals surface area contributed by atoms with Gasteiger partial charge in [-0.15, -0.1) is 0 Å². The van der Waals surface area contributed by atoms with E-state index in [9.17, 15) is 5.11 Å². The molecule has 0 bridgehead atoms. The Morgan fingerprint density at radius 2 is 2.06 bits per heavy atom. The Morgan fingerprint density at radius 3 is 2.76 bits per heavy atom. The second-order valence-corrected chi connectivity index (χ2v) is 6.26. The van der Waals surface area contributed by atoms with Crippen LogP contribution in [-0.4, -0.2) is 11.7 Å². The lowest BCUT2D eigenvalue weighted by Crippen LogP contribution is -2.24. The van der Waals surface area contributed by atoms with Crippen LogP contribution >= 0.6 is 0 Å². The minimum absolute atomic E-state index is 0.232. The molecule has 1 aromatic rings. The topological polar surface area (TPSA) is 29.5 Å². The zero-order valence-electron chi connectivity index (χ0n) is 10.6. The summed E-state index contributed by atoms with van der Waals surface area (Å²) in [5.41, 5.74) is 1.81. The lowest BCUT2D eigenvalue weighted by atomic mass is 9.85. The number of ether oxygens (including phenoxy) is 1. The van der Waals surface area contributed by atoms with Gasteiger partial charge in [0.25, 0.3) is 0 Å². The highest BCUT2D eigenvalue weighted by Gasteiger charge is 2.45. The molecule has 1 aliphatic heterocycles. The first kappa shape index (κ1) is 11.1. The van der Waals surface area contributed by atoms with Crippen LogP contribution in [-0.2, 0) is 12.0 Å². The number of benzene rings is 1. The maximum atomic E-state index is 10.9. The van der Waals surface area contributed by atoms with E-state index in [0.717, 1.165) is 43.6 Å². The molecule has 2 nitrogen and oxygen atoms in total. The van der Waals surface area contributed by atoms with Crippen LogP contribution in [0.2, 0.25) is 0 Å². The lowest BCUT2D eigenvalue weighted by molar-refractivity contribution is 0.0314. The van der Waals surface area contributed by atoms with Crippen LogP contribution in [0.4, 0.5) is 0 Å². The van der Waals surface area contributed by atoms with Gasteiger partial charge in [-0.1, -0.05) is 32.0 Å². The average molecular weight is 232 g/mol.